The summed E-state index contributed by atoms with van der Waals surface area (Å²) < 4.78 is 1.70. The first-order valence-electron chi connectivity index (χ1n) is 7.61. The summed E-state index contributed by atoms with van der Waals surface area (Å²) >= 11 is 0. The van der Waals surface area contributed by atoms with Crippen LogP contribution in [-0.4, -0.2) is 27.8 Å². The van der Waals surface area contributed by atoms with E-state index in [0.29, 0.717) is 29.5 Å². The van der Waals surface area contributed by atoms with Gasteiger partial charge in [0, 0.05) is 25.3 Å². The van der Waals surface area contributed by atoms with Gasteiger partial charge >= 0.3 is 0 Å². The molecule has 1 amide bonds. The van der Waals surface area contributed by atoms with E-state index in [0.717, 1.165) is 18.5 Å². The predicted octanol–water partition coefficient (Wildman–Crippen LogP) is 1.36. The van der Waals surface area contributed by atoms with Crippen molar-refractivity contribution < 1.29 is 4.79 Å². The van der Waals surface area contributed by atoms with Crippen LogP contribution in [0.3, 0.4) is 0 Å². The SMILES string of the molecule is Cc1nn(C)cc1C(=O)NC1C2CCCC1CC(N)C2. The van der Waals surface area contributed by atoms with Crippen LogP contribution in [-0.2, 0) is 7.05 Å². The van der Waals surface area contributed by atoms with Crippen LogP contribution in [0.4, 0.5) is 0 Å². The Morgan fingerprint density at radius 3 is 2.60 bits per heavy atom. The van der Waals surface area contributed by atoms with Crippen LogP contribution in [0.1, 0.15) is 48.2 Å². The first kappa shape index (κ1) is 13.6. The Morgan fingerprint density at radius 1 is 1.40 bits per heavy atom. The van der Waals surface area contributed by atoms with Crippen LogP contribution >= 0.6 is 0 Å². The van der Waals surface area contributed by atoms with Gasteiger partial charge in [0.05, 0.1) is 11.3 Å². The van der Waals surface area contributed by atoms with Gasteiger partial charge in [-0.2, -0.15) is 5.10 Å². The van der Waals surface area contributed by atoms with E-state index in [1.54, 1.807) is 10.9 Å². The van der Waals surface area contributed by atoms with Gasteiger partial charge in [-0.05, 0) is 44.4 Å². The van der Waals surface area contributed by atoms with Crippen LogP contribution in [0.2, 0.25) is 0 Å². The van der Waals surface area contributed by atoms with E-state index in [9.17, 15) is 4.79 Å². The lowest BCUT2D eigenvalue weighted by Gasteiger charge is -2.45. The Kier molecular flexibility index (Phi) is 3.54. The molecule has 2 aliphatic rings. The molecule has 5 nitrogen and oxygen atoms in total. The van der Waals surface area contributed by atoms with Crippen molar-refractivity contribution in [2.45, 2.75) is 51.1 Å². The van der Waals surface area contributed by atoms with Gasteiger partial charge in [0.1, 0.15) is 0 Å². The molecule has 0 saturated heterocycles. The molecule has 2 unspecified atom stereocenters. The second kappa shape index (κ2) is 5.20. The molecule has 5 heteroatoms. The van der Waals surface area contributed by atoms with Crippen molar-refractivity contribution in [2.75, 3.05) is 0 Å². The largest absolute Gasteiger partial charge is 0.349 e. The molecule has 110 valence electrons. The van der Waals surface area contributed by atoms with E-state index in [2.05, 4.69) is 10.4 Å². The number of nitrogens with zero attached hydrogens (tertiary/aromatic N) is 2. The zero-order chi connectivity index (χ0) is 14.3. The minimum absolute atomic E-state index is 0.0213. The summed E-state index contributed by atoms with van der Waals surface area (Å²) in [6, 6.07) is 0.620. The number of carbonyl (C=O) groups excluding carboxylic acids is 1. The van der Waals surface area contributed by atoms with Crippen molar-refractivity contribution in [3.05, 3.63) is 17.5 Å². The van der Waals surface area contributed by atoms with Crippen LogP contribution in [0.25, 0.3) is 0 Å². The Balaban J connectivity index is 1.74. The lowest BCUT2D eigenvalue weighted by Crippen LogP contribution is -2.53. The van der Waals surface area contributed by atoms with Gasteiger partial charge in [0.25, 0.3) is 5.91 Å². The number of nitrogens with one attached hydrogen (secondary N) is 1. The number of rotatable bonds is 2. The highest BCUT2D eigenvalue weighted by Gasteiger charge is 2.40. The maximum Gasteiger partial charge on any atom is 0.254 e. The molecule has 0 radical (unpaired) electrons. The highest BCUT2D eigenvalue weighted by molar-refractivity contribution is 5.95. The van der Waals surface area contributed by atoms with E-state index in [1.165, 1.54) is 19.3 Å². The minimum Gasteiger partial charge on any atom is -0.349 e. The number of fused-ring (bicyclic) bond motifs is 2. The molecule has 0 spiro atoms. The number of aryl methyl sites for hydroxylation is 2. The summed E-state index contributed by atoms with van der Waals surface area (Å²) in [4.78, 5) is 12.5. The molecule has 1 aromatic heterocycles. The van der Waals surface area contributed by atoms with E-state index in [1.807, 2.05) is 14.0 Å². The highest BCUT2D eigenvalue weighted by Crippen LogP contribution is 2.39. The molecule has 0 aliphatic heterocycles. The lowest BCUT2D eigenvalue weighted by atomic mass is 9.67. The molecule has 1 aromatic rings. The standard InChI is InChI=1S/C15H24N4O/c1-9-13(8-19(2)18-9)15(20)17-14-10-4-3-5-11(14)7-12(16)6-10/h8,10-12,14H,3-7,16H2,1-2H3,(H,17,20). The van der Waals surface area contributed by atoms with Crippen molar-refractivity contribution in [3.63, 3.8) is 0 Å². The second-order valence-electron chi connectivity index (χ2n) is 6.48. The van der Waals surface area contributed by atoms with Gasteiger partial charge < -0.3 is 11.1 Å². The van der Waals surface area contributed by atoms with Gasteiger partial charge in [-0.3, -0.25) is 9.48 Å². The van der Waals surface area contributed by atoms with Crippen molar-refractivity contribution in [2.24, 2.45) is 24.6 Å². The molecule has 2 aliphatic carbocycles. The van der Waals surface area contributed by atoms with Gasteiger partial charge in [-0.25, -0.2) is 0 Å². The lowest BCUT2D eigenvalue weighted by molar-refractivity contribution is 0.0755. The topological polar surface area (TPSA) is 72.9 Å². The van der Waals surface area contributed by atoms with Crippen molar-refractivity contribution in [1.29, 1.82) is 0 Å². The third kappa shape index (κ3) is 2.46. The predicted molar refractivity (Wildman–Crippen MR) is 77.2 cm³/mol. The summed E-state index contributed by atoms with van der Waals surface area (Å²) in [5, 5.41) is 7.51. The van der Waals surface area contributed by atoms with Crippen molar-refractivity contribution in [1.82, 2.24) is 15.1 Å². The molecule has 2 fully saturated rings. The number of amides is 1. The molecule has 0 aromatic carbocycles. The second-order valence-corrected chi connectivity index (χ2v) is 6.48. The van der Waals surface area contributed by atoms with E-state index >= 15 is 0 Å². The number of aromatic nitrogens is 2. The zero-order valence-electron chi connectivity index (χ0n) is 12.3. The molecule has 3 N–H and O–H groups in total. The molecular formula is C15H24N4O. The Morgan fingerprint density at radius 2 is 2.05 bits per heavy atom. The number of hydrogen-bond acceptors (Lipinski definition) is 3. The van der Waals surface area contributed by atoms with E-state index in [4.69, 9.17) is 5.73 Å². The molecule has 20 heavy (non-hydrogen) atoms. The van der Waals surface area contributed by atoms with Crippen molar-refractivity contribution in [3.8, 4) is 0 Å². The van der Waals surface area contributed by atoms with Gasteiger partial charge in [-0.1, -0.05) is 6.42 Å². The van der Waals surface area contributed by atoms with Gasteiger partial charge in [0.2, 0.25) is 0 Å². The molecule has 2 bridgehead atoms. The molecule has 2 saturated carbocycles. The monoisotopic (exact) mass is 276 g/mol. The van der Waals surface area contributed by atoms with Crippen molar-refractivity contribution >= 4 is 5.91 Å². The van der Waals surface area contributed by atoms with E-state index < -0.39 is 0 Å². The molecular weight excluding hydrogens is 252 g/mol. The summed E-state index contributed by atoms with van der Waals surface area (Å²) in [5.41, 5.74) is 7.62. The van der Waals surface area contributed by atoms with Crippen LogP contribution in [0.5, 0.6) is 0 Å². The Bertz CT molecular complexity index is 496. The molecule has 2 atom stereocenters. The maximum atomic E-state index is 12.5. The van der Waals surface area contributed by atoms with Gasteiger partial charge in [-0.15, -0.1) is 0 Å². The molecule has 1 heterocycles. The zero-order valence-corrected chi connectivity index (χ0v) is 12.3. The first-order chi connectivity index (χ1) is 9.54. The Hall–Kier alpha value is -1.36. The fraction of sp³-hybridized carbons (Fsp3) is 0.733. The summed E-state index contributed by atoms with van der Waals surface area (Å²) in [5.74, 6) is 1.13. The molecule has 3 rings (SSSR count). The summed E-state index contributed by atoms with van der Waals surface area (Å²) in [7, 11) is 1.85. The fourth-order valence-corrected chi connectivity index (χ4v) is 4.08. The van der Waals surface area contributed by atoms with Gasteiger partial charge in [0.15, 0.2) is 0 Å². The third-order valence-electron chi connectivity index (χ3n) is 4.93. The summed E-state index contributed by atoms with van der Waals surface area (Å²) in [6.07, 6.45) is 7.57. The van der Waals surface area contributed by atoms with E-state index in [-0.39, 0.29) is 5.91 Å². The maximum absolute atomic E-state index is 12.5. The van der Waals surface area contributed by atoms with Crippen LogP contribution in [0.15, 0.2) is 6.20 Å². The minimum atomic E-state index is 0.0213. The van der Waals surface area contributed by atoms with Crippen LogP contribution < -0.4 is 11.1 Å². The normalized spacial score (nSPS) is 33.0. The first-order valence-corrected chi connectivity index (χ1v) is 7.61. The number of nitrogens with two attached hydrogens (primary N) is 1. The quantitative estimate of drug-likeness (QED) is 0.856. The smallest absolute Gasteiger partial charge is 0.254 e. The number of carbonyl (C=O) groups is 1. The summed E-state index contributed by atoms with van der Waals surface area (Å²) in [6.45, 7) is 1.88. The highest BCUT2D eigenvalue weighted by atomic mass is 16.1. The average Bonchev–Trinajstić information content (AvgIpc) is 2.69. The number of hydrogen-bond donors (Lipinski definition) is 2. The van der Waals surface area contributed by atoms with Crippen LogP contribution in [0, 0.1) is 18.8 Å². The average molecular weight is 276 g/mol. The third-order valence-corrected chi connectivity index (χ3v) is 4.93. The fourth-order valence-electron chi connectivity index (χ4n) is 4.08. The Labute approximate surface area is 119 Å².